The molecule has 6 heteroatoms. The highest BCUT2D eigenvalue weighted by Gasteiger charge is 2.45. The molecule has 0 aromatic rings. The first-order valence-corrected chi connectivity index (χ1v) is 4.02. The Kier molecular flexibility index (Phi) is 2.10. The summed E-state index contributed by atoms with van der Waals surface area (Å²) in [6, 6.07) is 0. The first kappa shape index (κ1) is 9.05. The Morgan fingerprint density at radius 1 is 1.67 bits per heavy atom. The first-order chi connectivity index (χ1) is 5.44. The van der Waals surface area contributed by atoms with Crippen molar-refractivity contribution in [2.45, 2.75) is 18.1 Å². The van der Waals surface area contributed by atoms with Crippen LogP contribution in [0, 0.1) is 0 Å². The predicted molar refractivity (Wildman–Crippen MR) is 41.8 cm³/mol. The van der Waals surface area contributed by atoms with E-state index in [9.17, 15) is 14.4 Å². The van der Waals surface area contributed by atoms with E-state index in [0.717, 1.165) is 11.8 Å². The van der Waals surface area contributed by atoms with Crippen LogP contribution in [0.3, 0.4) is 0 Å². The van der Waals surface area contributed by atoms with Gasteiger partial charge in [0.1, 0.15) is 4.75 Å². The van der Waals surface area contributed by atoms with Crippen molar-refractivity contribution in [3.05, 3.63) is 0 Å². The number of carbonyl (C=O) groups is 3. The number of nitrogens with one attached hydrogen (secondary N) is 1. The molecule has 66 valence electrons. The zero-order chi connectivity index (χ0) is 9.35. The lowest BCUT2D eigenvalue weighted by Gasteiger charge is -2.14. The van der Waals surface area contributed by atoms with E-state index >= 15 is 0 Å². The summed E-state index contributed by atoms with van der Waals surface area (Å²) < 4.78 is -1.14. The normalized spacial score (nSPS) is 28.8. The van der Waals surface area contributed by atoms with Crippen molar-refractivity contribution in [2.75, 3.05) is 0 Å². The molecule has 0 unspecified atom stereocenters. The maximum atomic E-state index is 11.0. The zero-order valence-corrected chi connectivity index (χ0v) is 7.10. The standard InChI is InChI=1S/C6H7NO4S/c1-6(2-3(8)9)4(10)7-5(11)12-6/h2H2,1H3,(H,8,9)(H,7,10,11)/t6-/m1/s1. The maximum Gasteiger partial charge on any atom is 0.305 e. The Morgan fingerprint density at radius 3 is 2.58 bits per heavy atom. The van der Waals surface area contributed by atoms with Crippen LogP contribution in [0.25, 0.3) is 0 Å². The minimum absolute atomic E-state index is 0.338. The molecule has 1 atom stereocenters. The van der Waals surface area contributed by atoms with Gasteiger partial charge in [0, 0.05) is 0 Å². The lowest BCUT2D eigenvalue weighted by atomic mass is 10.1. The molecule has 0 bridgehead atoms. The first-order valence-electron chi connectivity index (χ1n) is 3.20. The highest BCUT2D eigenvalue weighted by Crippen LogP contribution is 2.34. The van der Waals surface area contributed by atoms with E-state index in [2.05, 4.69) is 0 Å². The van der Waals surface area contributed by atoms with Gasteiger partial charge in [0.25, 0.3) is 5.24 Å². The van der Waals surface area contributed by atoms with E-state index < -0.39 is 21.9 Å². The van der Waals surface area contributed by atoms with E-state index in [0.29, 0.717) is 0 Å². The van der Waals surface area contributed by atoms with Gasteiger partial charge in [-0.25, -0.2) is 0 Å². The molecule has 1 aliphatic rings. The number of carboxylic acid groups (broad SMARTS) is 1. The van der Waals surface area contributed by atoms with Gasteiger partial charge >= 0.3 is 5.97 Å². The Morgan fingerprint density at radius 2 is 2.25 bits per heavy atom. The molecule has 0 aliphatic carbocycles. The molecular formula is C6H7NO4S. The van der Waals surface area contributed by atoms with Crippen LogP contribution in [0.2, 0.25) is 0 Å². The molecule has 0 aromatic heterocycles. The van der Waals surface area contributed by atoms with Gasteiger partial charge in [-0.1, -0.05) is 0 Å². The molecule has 1 heterocycles. The highest BCUT2D eigenvalue weighted by atomic mass is 32.2. The van der Waals surface area contributed by atoms with Gasteiger partial charge in [0.05, 0.1) is 6.42 Å². The van der Waals surface area contributed by atoms with Crippen molar-refractivity contribution < 1.29 is 19.5 Å². The van der Waals surface area contributed by atoms with Gasteiger partial charge in [-0.05, 0) is 18.7 Å². The summed E-state index contributed by atoms with van der Waals surface area (Å²) in [5.41, 5.74) is 0. The molecule has 1 fully saturated rings. The summed E-state index contributed by atoms with van der Waals surface area (Å²) in [6.45, 7) is 1.44. The molecule has 12 heavy (non-hydrogen) atoms. The van der Waals surface area contributed by atoms with E-state index in [1.165, 1.54) is 6.92 Å². The molecule has 0 saturated carbocycles. The topological polar surface area (TPSA) is 83.5 Å². The van der Waals surface area contributed by atoms with E-state index in [4.69, 9.17) is 5.11 Å². The van der Waals surface area contributed by atoms with Crippen LogP contribution >= 0.6 is 11.8 Å². The fourth-order valence-electron chi connectivity index (χ4n) is 0.906. The number of rotatable bonds is 2. The quantitative estimate of drug-likeness (QED) is 0.648. The third-order valence-corrected chi connectivity index (χ3v) is 2.57. The van der Waals surface area contributed by atoms with E-state index in [1.807, 2.05) is 5.32 Å². The van der Waals surface area contributed by atoms with Crippen molar-refractivity contribution in [1.29, 1.82) is 0 Å². The van der Waals surface area contributed by atoms with Crippen molar-refractivity contribution in [3.63, 3.8) is 0 Å². The number of hydrogen-bond donors (Lipinski definition) is 2. The Balaban J connectivity index is 2.77. The maximum absolute atomic E-state index is 11.0. The molecular weight excluding hydrogens is 182 g/mol. The van der Waals surface area contributed by atoms with E-state index in [-0.39, 0.29) is 6.42 Å². The lowest BCUT2D eigenvalue weighted by Crippen LogP contribution is -2.35. The summed E-state index contributed by atoms with van der Waals surface area (Å²) in [7, 11) is 0. The number of amides is 2. The van der Waals surface area contributed by atoms with Crippen LogP contribution < -0.4 is 5.32 Å². The van der Waals surface area contributed by atoms with Gasteiger partial charge in [0.15, 0.2) is 0 Å². The number of aliphatic carboxylic acids is 1. The van der Waals surface area contributed by atoms with Gasteiger partial charge in [0.2, 0.25) is 5.91 Å². The smallest absolute Gasteiger partial charge is 0.305 e. The molecule has 0 spiro atoms. The van der Waals surface area contributed by atoms with Crippen molar-refractivity contribution in [1.82, 2.24) is 5.32 Å². The predicted octanol–water partition coefficient (Wildman–Crippen LogP) is 0.203. The Hall–Kier alpha value is -1.04. The van der Waals surface area contributed by atoms with Crippen LogP contribution in [0.15, 0.2) is 0 Å². The number of thioether (sulfide) groups is 1. The third kappa shape index (κ3) is 1.58. The zero-order valence-electron chi connectivity index (χ0n) is 6.29. The second kappa shape index (κ2) is 2.78. The lowest BCUT2D eigenvalue weighted by molar-refractivity contribution is -0.139. The summed E-state index contributed by atoms with van der Waals surface area (Å²) >= 11 is 0.724. The SMILES string of the molecule is C[C@]1(CC(=O)O)SC(=O)NC1=O. The molecule has 0 aromatic carbocycles. The second-order valence-corrected chi connectivity index (χ2v) is 4.12. The highest BCUT2D eigenvalue weighted by molar-refractivity contribution is 8.16. The molecule has 5 nitrogen and oxygen atoms in total. The van der Waals surface area contributed by atoms with Crippen LogP contribution in [-0.2, 0) is 9.59 Å². The molecule has 2 N–H and O–H groups in total. The fraction of sp³-hybridized carbons (Fsp3) is 0.500. The van der Waals surface area contributed by atoms with Gasteiger partial charge < -0.3 is 5.11 Å². The molecule has 1 aliphatic heterocycles. The summed E-state index contributed by atoms with van der Waals surface area (Å²) in [6.07, 6.45) is -0.338. The van der Waals surface area contributed by atoms with Gasteiger partial charge in [-0.15, -0.1) is 0 Å². The Labute approximate surface area is 72.5 Å². The van der Waals surface area contributed by atoms with Crippen molar-refractivity contribution >= 4 is 28.9 Å². The average molecular weight is 189 g/mol. The van der Waals surface area contributed by atoms with Gasteiger partial charge in [-0.3, -0.25) is 19.7 Å². The van der Waals surface area contributed by atoms with Gasteiger partial charge in [-0.2, -0.15) is 0 Å². The largest absolute Gasteiger partial charge is 0.481 e. The third-order valence-electron chi connectivity index (χ3n) is 1.50. The monoisotopic (exact) mass is 189 g/mol. The number of imide groups is 1. The summed E-state index contributed by atoms with van der Waals surface area (Å²) in [4.78, 5) is 32.0. The summed E-state index contributed by atoms with van der Waals surface area (Å²) in [5.74, 6) is -1.62. The molecule has 1 rings (SSSR count). The fourth-order valence-corrected chi connectivity index (χ4v) is 1.80. The number of hydrogen-bond acceptors (Lipinski definition) is 4. The minimum Gasteiger partial charge on any atom is -0.481 e. The van der Waals surface area contributed by atoms with E-state index in [1.54, 1.807) is 0 Å². The van der Waals surface area contributed by atoms with Crippen LogP contribution in [-0.4, -0.2) is 27.0 Å². The second-order valence-electron chi connectivity index (χ2n) is 2.65. The molecule has 2 amide bonds. The molecule has 0 radical (unpaired) electrons. The van der Waals surface area contributed by atoms with Crippen molar-refractivity contribution in [2.24, 2.45) is 0 Å². The molecule has 1 saturated heterocycles. The number of carbonyl (C=O) groups excluding carboxylic acids is 2. The Bertz CT molecular complexity index is 264. The van der Waals surface area contributed by atoms with Crippen LogP contribution in [0.5, 0.6) is 0 Å². The minimum atomic E-state index is -1.14. The van der Waals surface area contributed by atoms with Crippen LogP contribution in [0.4, 0.5) is 4.79 Å². The summed E-state index contributed by atoms with van der Waals surface area (Å²) in [5, 5.41) is 9.99. The number of carboxylic acids is 1. The van der Waals surface area contributed by atoms with Crippen LogP contribution in [0.1, 0.15) is 13.3 Å². The van der Waals surface area contributed by atoms with Crippen molar-refractivity contribution in [3.8, 4) is 0 Å². The average Bonchev–Trinajstić information content (AvgIpc) is 2.04.